The Balaban J connectivity index is 1.34. The Hall–Kier alpha value is -4.13. The van der Waals surface area contributed by atoms with E-state index in [2.05, 4.69) is 46.7 Å². The van der Waals surface area contributed by atoms with Crippen LogP contribution in [0.4, 0.5) is 17.5 Å². The number of rotatable bonds is 5. The predicted molar refractivity (Wildman–Crippen MR) is 158 cm³/mol. The zero-order chi connectivity index (χ0) is 28.5. The van der Waals surface area contributed by atoms with Crippen LogP contribution in [0.2, 0.25) is 0 Å². The molecule has 1 unspecified atom stereocenters. The smallest absolute Gasteiger partial charge is 0.246 e. The number of likely N-dealkylation sites (N-methyl/N-ethyl adjacent to an activating group) is 1. The second-order valence-electron chi connectivity index (χ2n) is 11.5. The number of anilines is 3. The van der Waals surface area contributed by atoms with Gasteiger partial charge in [0.25, 0.3) is 0 Å². The molecule has 2 saturated heterocycles. The highest BCUT2D eigenvalue weighted by atomic mass is 16.2. The van der Waals surface area contributed by atoms with Gasteiger partial charge in [-0.1, -0.05) is 24.8 Å². The first kappa shape index (κ1) is 27.1. The van der Waals surface area contributed by atoms with E-state index in [0.717, 1.165) is 55.7 Å². The lowest BCUT2D eigenvalue weighted by atomic mass is 9.88. The van der Waals surface area contributed by atoms with Gasteiger partial charge in [-0.3, -0.25) is 9.59 Å². The molecule has 2 amide bonds. The molecule has 1 aromatic carbocycles. The number of aromatic nitrogens is 2. The monoisotopic (exact) mass is 554 g/mol. The third kappa shape index (κ3) is 5.21. The van der Waals surface area contributed by atoms with Gasteiger partial charge in [-0.15, -0.1) is 0 Å². The number of nitriles is 1. The van der Waals surface area contributed by atoms with Crippen LogP contribution in [0.25, 0.3) is 0 Å². The molecule has 4 aliphatic rings. The summed E-state index contributed by atoms with van der Waals surface area (Å²) in [5, 5.41) is 9.52. The maximum atomic E-state index is 12.6. The Morgan fingerprint density at radius 3 is 2.76 bits per heavy atom. The Labute approximate surface area is 241 Å². The zero-order valence-corrected chi connectivity index (χ0v) is 23.8. The zero-order valence-electron chi connectivity index (χ0n) is 23.8. The van der Waals surface area contributed by atoms with Crippen LogP contribution in [0, 0.1) is 11.3 Å². The number of fused-ring (bicyclic) bond motifs is 2. The lowest BCUT2D eigenvalue weighted by Gasteiger charge is -2.43. The van der Waals surface area contributed by atoms with E-state index in [9.17, 15) is 14.9 Å². The number of hydrogen-bond donors (Lipinski definition) is 0. The Bertz CT molecular complexity index is 1390. The molecule has 6 rings (SSSR count). The average molecular weight is 555 g/mol. The topological polar surface area (TPSA) is 99.9 Å². The number of nitrogens with zero attached hydrogens (tertiary/aromatic N) is 8. The number of carbonyl (C=O) groups excluding carboxylic acids is 2. The summed E-state index contributed by atoms with van der Waals surface area (Å²) < 4.78 is 0. The van der Waals surface area contributed by atoms with E-state index in [4.69, 9.17) is 9.97 Å². The molecule has 0 N–H and O–H groups in total. The Morgan fingerprint density at radius 2 is 1.95 bits per heavy atom. The standard InChI is InChI=1S/C31H38N8O2/c1-3-28(40)39-18-17-36(20-24(39)12-13-32)30-25-11-10-23(38-14-6-8-22-7-4-5-9-27(22)38)19-26(25)33-31(34-30)37-16-15-35(2)29(41)21-37/h3-5,7,9,23-24H,1,6,8,10-12,14-21H2,2H3/t23?,24-/m0/s1. The minimum Gasteiger partial charge on any atom is -0.368 e. The van der Waals surface area contributed by atoms with Crippen molar-refractivity contribution >= 4 is 29.3 Å². The second-order valence-corrected chi connectivity index (χ2v) is 11.5. The fourth-order valence-corrected chi connectivity index (χ4v) is 6.84. The van der Waals surface area contributed by atoms with Gasteiger partial charge in [0.2, 0.25) is 17.8 Å². The molecule has 0 spiro atoms. The van der Waals surface area contributed by atoms with Crippen LogP contribution in [0.5, 0.6) is 0 Å². The van der Waals surface area contributed by atoms with Crippen LogP contribution in [0.1, 0.15) is 36.1 Å². The SMILES string of the molecule is C=CC(=O)N1CCN(c2nc(N3CCN(C)C(=O)C3)nc3c2CCC(N2CCCc4ccccc42)C3)C[C@@H]1CC#N. The molecular weight excluding hydrogens is 516 g/mol. The molecule has 2 fully saturated rings. The van der Waals surface area contributed by atoms with E-state index in [0.29, 0.717) is 44.7 Å². The number of carbonyl (C=O) groups is 2. The maximum absolute atomic E-state index is 12.6. The molecule has 2 atom stereocenters. The van der Waals surface area contributed by atoms with Crippen molar-refractivity contribution in [3.8, 4) is 6.07 Å². The van der Waals surface area contributed by atoms with Crippen molar-refractivity contribution in [1.82, 2.24) is 19.8 Å². The van der Waals surface area contributed by atoms with Gasteiger partial charge >= 0.3 is 0 Å². The molecule has 10 heteroatoms. The van der Waals surface area contributed by atoms with Crippen molar-refractivity contribution in [1.29, 1.82) is 5.26 Å². The normalized spacial score (nSPS) is 22.6. The fraction of sp³-hybridized carbons (Fsp3) is 0.516. The van der Waals surface area contributed by atoms with Gasteiger partial charge in [-0.2, -0.15) is 10.2 Å². The average Bonchev–Trinajstić information content (AvgIpc) is 3.01. The Kier molecular flexibility index (Phi) is 7.52. The van der Waals surface area contributed by atoms with Crippen LogP contribution in [-0.2, 0) is 28.9 Å². The van der Waals surface area contributed by atoms with Crippen molar-refractivity contribution in [2.24, 2.45) is 0 Å². The van der Waals surface area contributed by atoms with Gasteiger partial charge in [0, 0.05) is 70.0 Å². The van der Waals surface area contributed by atoms with Gasteiger partial charge in [-0.25, -0.2) is 4.98 Å². The van der Waals surface area contributed by atoms with E-state index >= 15 is 0 Å². The molecule has 2 aromatic rings. The molecule has 0 bridgehead atoms. The Morgan fingerprint density at radius 1 is 1.12 bits per heavy atom. The second kappa shape index (κ2) is 11.4. The number of para-hydroxylation sites is 1. The van der Waals surface area contributed by atoms with Crippen molar-refractivity contribution in [2.45, 2.75) is 50.6 Å². The molecule has 0 saturated carbocycles. The van der Waals surface area contributed by atoms with Gasteiger partial charge < -0.3 is 24.5 Å². The number of hydrogen-bond acceptors (Lipinski definition) is 8. The first-order valence-corrected chi connectivity index (χ1v) is 14.7. The number of aryl methyl sites for hydroxylation is 1. The highest BCUT2D eigenvalue weighted by molar-refractivity contribution is 5.87. The van der Waals surface area contributed by atoms with Crippen molar-refractivity contribution in [3.63, 3.8) is 0 Å². The molecule has 4 heterocycles. The van der Waals surface area contributed by atoms with E-state index < -0.39 is 0 Å². The molecule has 10 nitrogen and oxygen atoms in total. The molecule has 214 valence electrons. The molecule has 1 aromatic heterocycles. The lowest BCUT2D eigenvalue weighted by Crippen LogP contribution is -2.55. The van der Waals surface area contributed by atoms with Crippen LogP contribution >= 0.6 is 0 Å². The summed E-state index contributed by atoms with van der Waals surface area (Å²) >= 11 is 0. The van der Waals surface area contributed by atoms with Crippen LogP contribution in [0.15, 0.2) is 36.9 Å². The van der Waals surface area contributed by atoms with Crippen LogP contribution < -0.4 is 14.7 Å². The van der Waals surface area contributed by atoms with Crippen molar-refractivity contribution in [3.05, 3.63) is 53.7 Å². The molecule has 3 aliphatic heterocycles. The highest BCUT2D eigenvalue weighted by Gasteiger charge is 2.36. The van der Waals surface area contributed by atoms with Crippen LogP contribution in [0.3, 0.4) is 0 Å². The maximum Gasteiger partial charge on any atom is 0.246 e. The summed E-state index contributed by atoms with van der Waals surface area (Å²) in [6.07, 6.45) is 6.55. The molecule has 41 heavy (non-hydrogen) atoms. The van der Waals surface area contributed by atoms with Gasteiger partial charge in [0.05, 0.1) is 30.8 Å². The first-order valence-electron chi connectivity index (χ1n) is 14.7. The first-order chi connectivity index (χ1) is 20.0. The predicted octanol–water partition coefficient (Wildman–Crippen LogP) is 2.18. The number of benzene rings is 1. The van der Waals surface area contributed by atoms with Gasteiger partial charge in [0.1, 0.15) is 5.82 Å². The van der Waals surface area contributed by atoms with E-state index in [-0.39, 0.29) is 30.8 Å². The molecule has 0 radical (unpaired) electrons. The van der Waals surface area contributed by atoms with Crippen molar-refractivity contribution < 1.29 is 9.59 Å². The third-order valence-electron chi connectivity index (χ3n) is 9.11. The molecular formula is C31H38N8O2. The van der Waals surface area contributed by atoms with Gasteiger partial charge in [0.15, 0.2) is 0 Å². The largest absolute Gasteiger partial charge is 0.368 e. The quantitative estimate of drug-likeness (QED) is 0.519. The van der Waals surface area contributed by atoms with Crippen molar-refractivity contribution in [2.75, 3.05) is 67.6 Å². The number of piperazine rings is 2. The summed E-state index contributed by atoms with van der Waals surface area (Å²) in [4.78, 5) is 45.7. The van der Waals surface area contributed by atoms with E-state index in [1.54, 1.807) is 9.80 Å². The van der Waals surface area contributed by atoms with E-state index in [1.807, 2.05) is 11.9 Å². The van der Waals surface area contributed by atoms with E-state index in [1.165, 1.54) is 17.3 Å². The lowest BCUT2D eigenvalue weighted by molar-refractivity contribution is -0.130. The third-order valence-corrected chi connectivity index (χ3v) is 9.11. The van der Waals surface area contributed by atoms with Gasteiger partial charge in [-0.05, 0) is 43.4 Å². The summed E-state index contributed by atoms with van der Waals surface area (Å²) in [5.74, 6) is 1.41. The number of amides is 2. The fourth-order valence-electron chi connectivity index (χ4n) is 6.84. The minimum absolute atomic E-state index is 0.0626. The molecule has 1 aliphatic carbocycles. The summed E-state index contributed by atoms with van der Waals surface area (Å²) in [6.45, 7) is 7.93. The van der Waals surface area contributed by atoms with Crippen LogP contribution in [-0.4, -0.2) is 96.5 Å². The highest BCUT2D eigenvalue weighted by Crippen LogP contribution is 2.37. The summed E-state index contributed by atoms with van der Waals surface area (Å²) in [6, 6.07) is 11.1. The minimum atomic E-state index is -0.236. The summed E-state index contributed by atoms with van der Waals surface area (Å²) in [5.41, 5.74) is 4.97. The summed E-state index contributed by atoms with van der Waals surface area (Å²) in [7, 11) is 1.83.